The van der Waals surface area contributed by atoms with Gasteiger partial charge in [0.15, 0.2) is 5.69 Å². The first-order valence-corrected chi connectivity index (χ1v) is 10.5. The van der Waals surface area contributed by atoms with Crippen molar-refractivity contribution in [1.29, 1.82) is 0 Å². The monoisotopic (exact) mass is 497 g/mol. The average molecular weight is 498 g/mol. The van der Waals surface area contributed by atoms with Gasteiger partial charge in [0.05, 0.1) is 0 Å². The second-order valence-electron chi connectivity index (χ2n) is 6.14. The summed E-state index contributed by atoms with van der Waals surface area (Å²) in [7, 11) is 0. The molecule has 0 aliphatic rings. The summed E-state index contributed by atoms with van der Waals surface area (Å²) in [4.78, 5) is 13.7. The Morgan fingerprint density at radius 2 is 1.90 bits per heavy atom. The summed E-state index contributed by atoms with van der Waals surface area (Å²) in [5.74, 6) is -0.781. The molecule has 1 N–H and O–H groups in total. The number of anilines is 1. The van der Waals surface area contributed by atoms with Crippen LogP contribution in [0.1, 0.15) is 21.6 Å². The van der Waals surface area contributed by atoms with E-state index in [4.69, 9.17) is 4.74 Å². The van der Waals surface area contributed by atoms with Crippen molar-refractivity contribution in [2.75, 3.05) is 11.6 Å². The number of nitrogens with one attached hydrogen (secondary N) is 1. The quantitative estimate of drug-likeness (QED) is 0.417. The SMILES string of the molecule is CSc1cccc(NC(=O)c2cc(C(F)(F)F)nnc2Oc2ccc(Br)cc2C)c1. The molecule has 0 bridgehead atoms. The molecule has 2 aromatic carbocycles. The summed E-state index contributed by atoms with van der Waals surface area (Å²) < 4.78 is 45.9. The van der Waals surface area contributed by atoms with E-state index in [2.05, 4.69) is 31.4 Å². The van der Waals surface area contributed by atoms with E-state index >= 15 is 0 Å². The number of alkyl halides is 3. The van der Waals surface area contributed by atoms with Gasteiger partial charge >= 0.3 is 6.18 Å². The maximum atomic E-state index is 13.1. The second kappa shape index (κ2) is 9.05. The molecule has 30 heavy (non-hydrogen) atoms. The minimum Gasteiger partial charge on any atom is -0.437 e. The van der Waals surface area contributed by atoms with E-state index in [-0.39, 0.29) is 11.4 Å². The lowest BCUT2D eigenvalue weighted by Gasteiger charge is -2.14. The van der Waals surface area contributed by atoms with Crippen molar-refractivity contribution in [1.82, 2.24) is 10.2 Å². The third kappa shape index (κ3) is 5.31. The molecule has 1 amide bonds. The van der Waals surface area contributed by atoms with Gasteiger partial charge in [-0.3, -0.25) is 4.79 Å². The Hall–Kier alpha value is -2.59. The van der Waals surface area contributed by atoms with E-state index in [1.54, 1.807) is 43.3 Å². The fourth-order valence-electron chi connectivity index (χ4n) is 2.49. The Balaban J connectivity index is 1.99. The molecule has 3 rings (SSSR count). The number of nitrogens with zero attached hydrogens (tertiary/aromatic N) is 2. The number of halogens is 4. The summed E-state index contributed by atoms with van der Waals surface area (Å²) in [6, 6.07) is 12.6. The van der Waals surface area contributed by atoms with Crippen LogP contribution in [0.4, 0.5) is 18.9 Å². The molecule has 5 nitrogen and oxygen atoms in total. The van der Waals surface area contributed by atoms with Gasteiger partial charge in [-0.2, -0.15) is 13.2 Å². The van der Waals surface area contributed by atoms with Crippen molar-refractivity contribution in [3.8, 4) is 11.6 Å². The van der Waals surface area contributed by atoms with Crippen molar-refractivity contribution in [3.63, 3.8) is 0 Å². The molecule has 10 heteroatoms. The number of hydrogen-bond acceptors (Lipinski definition) is 5. The zero-order valence-electron chi connectivity index (χ0n) is 15.7. The molecule has 0 radical (unpaired) electrons. The van der Waals surface area contributed by atoms with Crippen LogP contribution in [0.2, 0.25) is 0 Å². The van der Waals surface area contributed by atoms with Gasteiger partial charge in [-0.05, 0) is 61.2 Å². The topological polar surface area (TPSA) is 64.1 Å². The van der Waals surface area contributed by atoms with Crippen LogP contribution in [-0.4, -0.2) is 22.4 Å². The van der Waals surface area contributed by atoms with Crippen LogP contribution in [0.25, 0.3) is 0 Å². The number of carbonyl (C=O) groups is 1. The fourth-order valence-corrected chi connectivity index (χ4v) is 3.42. The number of amides is 1. The van der Waals surface area contributed by atoms with Crippen LogP contribution in [0.15, 0.2) is 57.9 Å². The Bertz CT molecular complexity index is 1090. The molecule has 0 aliphatic heterocycles. The zero-order valence-corrected chi connectivity index (χ0v) is 18.2. The van der Waals surface area contributed by atoms with E-state index in [1.165, 1.54) is 11.8 Å². The molecule has 0 aliphatic carbocycles. The van der Waals surface area contributed by atoms with Crippen LogP contribution >= 0.6 is 27.7 Å². The van der Waals surface area contributed by atoms with E-state index in [0.717, 1.165) is 9.37 Å². The zero-order chi connectivity index (χ0) is 21.9. The second-order valence-corrected chi connectivity index (χ2v) is 7.94. The predicted molar refractivity (Wildman–Crippen MR) is 112 cm³/mol. The van der Waals surface area contributed by atoms with Crippen LogP contribution < -0.4 is 10.1 Å². The summed E-state index contributed by atoms with van der Waals surface area (Å²) in [5.41, 5.74) is -0.535. The molecule has 3 aromatic rings. The number of aryl methyl sites for hydroxylation is 1. The van der Waals surface area contributed by atoms with Gasteiger partial charge < -0.3 is 10.1 Å². The normalized spacial score (nSPS) is 11.3. The molecule has 1 aromatic heterocycles. The molecular formula is C20H15BrF3N3O2S. The van der Waals surface area contributed by atoms with Gasteiger partial charge in [0.2, 0.25) is 0 Å². The highest BCUT2D eigenvalue weighted by molar-refractivity contribution is 9.10. The fraction of sp³-hybridized carbons (Fsp3) is 0.150. The lowest BCUT2D eigenvalue weighted by Crippen LogP contribution is -2.18. The molecule has 0 fully saturated rings. The van der Waals surface area contributed by atoms with Crippen molar-refractivity contribution < 1.29 is 22.7 Å². The third-order valence-electron chi connectivity index (χ3n) is 3.97. The van der Waals surface area contributed by atoms with Crippen molar-refractivity contribution in [3.05, 3.63) is 69.8 Å². The van der Waals surface area contributed by atoms with Gasteiger partial charge in [-0.1, -0.05) is 22.0 Å². The van der Waals surface area contributed by atoms with Gasteiger partial charge in [0.25, 0.3) is 11.8 Å². The highest BCUT2D eigenvalue weighted by Gasteiger charge is 2.35. The van der Waals surface area contributed by atoms with E-state index in [9.17, 15) is 18.0 Å². The molecule has 0 saturated carbocycles. The number of ether oxygens (including phenoxy) is 1. The minimum atomic E-state index is -4.76. The van der Waals surface area contributed by atoms with Gasteiger partial charge in [0, 0.05) is 15.1 Å². The van der Waals surface area contributed by atoms with Crippen LogP contribution in [-0.2, 0) is 6.18 Å². The highest BCUT2D eigenvalue weighted by Crippen LogP contribution is 2.33. The van der Waals surface area contributed by atoms with Crippen molar-refractivity contribution in [2.24, 2.45) is 0 Å². The highest BCUT2D eigenvalue weighted by atomic mass is 79.9. The first kappa shape index (κ1) is 22.1. The standard InChI is InChI=1S/C20H15BrF3N3O2S/c1-11-8-12(21)6-7-16(11)29-19-15(10-17(26-27-19)20(22,23)24)18(28)25-13-4-3-5-14(9-13)30-2/h3-10H,1-2H3,(H,25,28). The molecular weight excluding hydrogens is 483 g/mol. The van der Waals surface area contributed by atoms with Gasteiger partial charge in [0.1, 0.15) is 11.3 Å². The third-order valence-corrected chi connectivity index (χ3v) is 5.18. The summed E-state index contributed by atoms with van der Waals surface area (Å²) in [6.45, 7) is 1.76. The van der Waals surface area contributed by atoms with E-state index < -0.39 is 17.8 Å². The van der Waals surface area contributed by atoms with Gasteiger partial charge in [-0.25, -0.2) is 0 Å². The number of carbonyl (C=O) groups excluding carboxylic acids is 1. The molecule has 0 atom stereocenters. The van der Waals surface area contributed by atoms with Crippen LogP contribution in [0, 0.1) is 6.92 Å². The number of hydrogen-bond donors (Lipinski definition) is 1. The Kier molecular flexibility index (Phi) is 6.67. The first-order valence-electron chi connectivity index (χ1n) is 8.51. The molecule has 1 heterocycles. The van der Waals surface area contributed by atoms with E-state index in [0.29, 0.717) is 23.1 Å². The summed E-state index contributed by atoms with van der Waals surface area (Å²) >= 11 is 4.79. The predicted octanol–water partition coefficient (Wildman–Crippen LogP) is 6.33. The Labute approximate surface area is 183 Å². The maximum absolute atomic E-state index is 13.1. The lowest BCUT2D eigenvalue weighted by molar-refractivity contribution is -0.141. The van der Waals surface area contributed by atoms with Crippen LogP contribution in [0.5, 0.6) is 11.6 Å². The first-order chi connectivity index (χ1) is 14.2. The Morgan fingerprint density at radius 1 is 1.13 bits per heavy atom. The smallest absolute Gasteiger partial charge is 0.435 e. The molecule has 0 saturated heterocycles. The largest absolute Gasteiger partial charge is 0.437 e. The molecule has 0 unspecified atom stereocenters. The van der Waals surface area contributed by atoms with Crippen molar-refractivity contribution in [2.45, 2.75) is 18.0 Å². The van der Waals surface area contributed by atoms with Crippen LogP contribution in [0.3, 0.4) is 0 Å². The Morgan fingerprint density at radius 3 is 2.57 bits per heavy atom. The minimum absolute atomic E-state index is 0.327. The summed E-state index contributed by atoms with van der Waals surface area (Å²) in [6.07, 6.45) is -2.89. The molecule has 156 valence electrons. The average Bonchev–Trinajstić information content (AvgIpc) is 2.69. The number of aromatic nitrogens is 2. The lowest BCUT2D eigenvalue weighted by atomic mass is 10.2. The number of thioether (sulfide) groups is 1. The summed E-state index contributed by atoms with van der Waals surface area (Å²) in [5, 5.41) is 9.30. The van der Waals surface area contributed by atoms with Crippen molar-refractivity contribution >= 4 is 39.3 Å². The molecule has 0 spiro atoms. The number of benzene rings is 2. The van der Waals surface area contributed by atoms with E-state index in [1.807, 2.05) is 12.3 Å². The number of rotatable bonds is 5. The van der Waals surface area contributed by atoms with Gasteiger partial charge in [-0.15, -0.1) is 22.0 Å². The maximum Gasteiger partial charge on any atom is 0.435 e.